The van der Waals surface area contributed by atoms with Crippen LogP contribution >= 0.6 is 0 Å². The van der Waals surface area contributed by atoms with Crippen molar-refractivity contribution in [2.24, 2.45) is 35.5 Å². The van der Waals surface area contributed by atoms with E-state index in [1.54, 1.807) is 12.8 Å². The molecular formula is C15H24Si. The van der Waals surface area contributed by atoms with Crippen molar-refractivity contribution < 1.29 is 0 Å². The first-order chi connectivity index (χ1) is 7.65. The minimum Gasteiger partial charge on any atom is -0.0848 e. The molecule has 0 aromatic heterocycles. The summed E-state index contributed by atoms with van der Waals surface area (Å²) in [6.07, 6.45) is 9.93. The van der Waals surface area contributed by atoms with E-state index < -0.39 is 8.80 Å². The molecule has 16 heavy (non-hydrogen) atoms. The number of rotatable bonds is 1. The Morgan fingerprint density at radius 1 is 1.12 bits per heavy atom. The summed E-state index contributed by atoms with van der Waals surface area (Å²) in [6.45, 7) is 7.83. The predicted octanol–water partition coefficient (Wildman–Crippen LogP) is 3.71. The van der Waals surface area contributed by atoms with E-state index in [2.05, 4.69) is 32.2 Å². The van der Waals surface area contributed by atoms with E-state index >= 15 is 0 Å². The van der Waals surface area contributed by atoms with Crippen LogP contribution in [0.1, 0.15) is 26.2 Å². The lowest BCUT2D eigenvalue weighted by atomic mass is 9.69. The van der Waals surface area contributed by atoms with Gasteiger partial charge in [-0.05, 0) is 59.8 Å². The molecule has 4 aliphatic carbocycles. The minimum atomic E-state index is -0.523. The van der Waals surface area contributed by atoms with Gasteiger partial charge in [0.05, 0.1) is 0 Å². The van der Waals surface area contributed by atoms with E-state index in [0.29, 0.717) is 0 Å². The molecular weight excluding hydrogens is 208 g/mol. The monoisotopic (exact) mass is 232 g/mol. The Labute approximate surface area is 101 Å². The van der Waals surface area contributed by atoms with Crippen LogP contribution in [0.3, 0.4) is 0 Å². The van der Waals surface area contributed by atoms with E-state index in [4.69, 9.17) is 0 Å². The van der Waals surface area contributed by atoms with Crippen molar-refractivity contribution in [1.82, 2.24) is 0 Å². The molecule has 0 radical (unpaired) electrons. The first kappa shape index (κ1) is 9.93. The van der Waals surface area contributed by atoms with Crippen LogP contribution in [0.25, 0.3) is 0 Å². The average Bonchev–Trinajstić information content (AvgIpc) is 2.91. The largest absolute Gasteiger partial charge is 0.0848 e. The SMILES string of the molecule is CC1CC2CC1C1C3C=CC(C3)C21[SiH](C)C. The molecule has 4 bridgehead atoms. The third-order valence-corrected chi connectivity index (χ3v) is 10.2. The summed E-state index contributed by atoms with van der Waals surface area (Å²) in [5, 5.41) is 0.872. The zero-order valence-electron chi connectivity index (χ0n) is 10.8. The molecule has 4 aliphatic rings. The van der Waals surface area contributed by atoms with Crippen LogP contribution < -0.4 is 0 Å². The van der Waals surface area contributed by atoms with Crippen molar-refractivity contribution in [2.45, 2.75) is 44.3 Å². The minimum absolute atomic E-state index is 0.523. The number of allylic oxidation sites excluding steroid dienone is 2. The Morgan fingerprint density at radius 3 is 2.69 bits per heavy atom. The van der Waals surface area contributed by atoms with Crippen LogP contribution in [0.5, 0.6) is 0 Å². The second-order valence-electron chi connectivity index (χ2n) is 7.38. The van der Waals surface area contributed by atoms with E-state index in [9.17, 15) is 0 Å². The summed E-state index contributed by atoms with van der Waals surface area (Å²) < 4.78 is 0. The summed E-state index contributed by atoms with van der Waals surface area (Å²) in [7, 11) is -0.523. The Hall–Kier alpha value is -0.0431. The van der Waals surface area contributed by atoms with Crippen LogP contribution in [-0.4, -0.2) is 8.80 Å². The highest BCUT2D eigenvalue weighted by Crippen LogP contribution is 2.78. The molecule has 0 spiro atoms. The van der Waals surface area contributed by atoms with Crippen molar-refractivity contribution in [1.29, 1.82) is 0 Å². The van der Waals surface area contributed by atoms with Gasteiger partial charge in [0.15, 0.2) is 0 Å². The molecule has 7 atom stereocenters. The van der Waals surface area contributed by atoms with Gasteiger partial charge < -0.3 is 0 Å². The van der Waals surface area contributed by atoms with Gasteiger partial charge in [0.2, 0.25) is 0 Å². The van der Waals surface area contributed by atoms with Crippen molar-refractivity contribution >= 4 is 8.80 Å². The van der Waals surface area contributed by atoms with Gasteiger partial charge in [-0.2, -0.15) is 0 Å². The summed E-state index contributed by atoms with van der Waals surface area (Å²) in [5.41, 5.74) is 0. The normalized spacial score (nSPS) is 61.2. The van der Waals surface area contributed by atoms with Crippen LogP contribution in [-0.2, 0) is 0 Å². The standard InChI is InChI=1S/C15H24Si/c1-9-6-12-8-13(9)14-10-4-5-11(7-10)15(12,14)16(2)3/h4-5,9-14,16H,6-8H2,1-3H3. The Kier molecular flexibility index (Phi) is 1.77. The Morgan fingerprint density at radius 2 is 1.94 bits per heavy atom. The fraction of sp³-hybridized carbons (Fsp3) is 0.867. The fourth-order valence-corrected chi connectivity index (χ4v) is 10.3. The molecule has 0 heterocycles. The third-order valence-electron chi connectivity index (χ3n) is 6.91. The topological polar surface area (TPSA) is 0 Å². The lowest BCUT2D eigenvalue weighted by Gasteiger charge is -2.50. The average molecular weight is 232 g/mol. The molecule has 3 saturated carbocycles. The zero-order chi connectivity index (χ0) is 11.1. The van der Waals surface area contributed by atoms with Crippen LogP contribution in [0, 0.1) is 35.5 Å². The molecule has 0 N–H and O–H groups in total. The highest BCUT2D eigenvalue weighted by molar-refractivity contribution is 6.60. The van der Waals surface area contributed by atoms with Gasteiger partial charge in [0.1, 0.15) is 0 Å². The number of fused-ring (bicyclic) bond motifs is 9. The molecule has 0 aromatic carbocycles. The highest BCUT2D eigenvalue weighted by Gasteiger charge is 2.69. The molecule has 7 unspecified atom stereocenters. The van der Waals surface area contributed by atoms with E-state index in [1.807, 2.05) is 0 Å². The first-order valence-corrected chi connectivity index (χ1v) is 10.2. The van der Waals surface area contributed by atoms with E-state index in [-0.39, 0.29) is 0 Å². The molecule has 0 aliphatic heterocycles. The van der Waals surface area contributed by atoms with Crippen molar-refractivity contribution in [3.8, 4) is 0 Å². The zero-order valence-corrected chi connectivity index (χ0v) is 12.0. The summed E-state index contributed by atoms with van der Waals surface area (Å²) in [4.78, 5) is 0. The maximum absolute atomic E-state index is 2.65. The molecule has 0 aromatic rings. The molecule has 0 nitrogen and oxygen atoms in total. The Balaban J connectivity index is 1.86. The second kappa shape index (κ2) is 2.85. The van der Waals surface area contributed by atoms with Gasteiger partial charge in [-0.15, -0.1) is 0 Å². The number of hydrogen-bond acceptors (Lipinski definition) is 0. The number of hydrogen-bond donors (Lipinski definition) is 0. The summed E-state index contributed by atoms with van der Waals surface area (Å²) in [6, 6.07) is 0. The van der Waals surface area contributed by atoms with Crippen molar-refractivity contribution in [3.63, 3.8) is 0 Å². The molecule has 1 heteroatoms. The summed E-state index contributed by atoms with van der Waals surface area (Å²) in [5.74, 6) is 6.42. The highest BCUT2D eigenvalue weighted by atomic mass is 28.3. The van der Waals surface area contributed by atoms with E-state index in [1.165, 1.54) is 6.42 Å². The fourth-order valence-electron chi connectivity index (χ4n) is 6.72. The lowest BCUT2D eigenvalue weighted by Crippen LogP contribution is -2.44. The van der Waals surface area contributed by atoms with Crippen molar-refractivity contribution in [3.05, 3.63) is 12.2 Å². The smallest absolute Gasteiger partial charge is 0.0387 e. The van der Waals surface area contributed by atoms with Crippen molar-refractivity contribution in [2.75, 3.05) is 0 Å². The van der Waals surface area contributed by atoms with Crippen LogP contribution in [0.15, 0.2) is 12.2 Å². The molecule has 3 fully saturated rings. The van der Waals surface area contributed by atoms with Gasteiger partial charge >= 0.3 is 0 Å². The summed E-state index contributed by atoms with van der Waals surface area (Å²) >= 11 is 0. The predicted molar refractivity (Wildman–Crippen MR) is 71.2 cm³/mol. The lowest BCUT2D eigenvalue weighted by molar-refractivity contribution is 0.169. The first-order valence-electron chi connectivity index (χ1n) is 7.34. The quantitative estimate of drug-likeness (QED) is 0.367. The van der Waals surface area contributed by atoms with Gasteiger partial charge in [-0.25, -0.2) is 0 Å². The Bertz CT molecular complexity index is 358. The van der Waals surface area contributed by atoms with Gasteiger partial charge in [-0.1, -0.05) is 32.2 Å². The molecule has 0 amide bonds. The van der Waals surface area contributed by atoms with E-state index in [0.717, 1.165) is 40.5 Å². The van der Waals surface area contributed by atoms with Gasteiger partial charge in [-0.3, -0.25) is 0 Å². The second-order valence-corrected chi connectivity index (χ2v) is 10.7. The van der Waals surface area contributed by atoms with Gasteiger partial charge in [0.25, 0.3) is 0 Å². The van der Waals surface area contributed by atoms with Gasteiger partial charge in [0, 0.05) is 8.80 Å². The maximum Gasteiger partial charge on any atom is 0.0387 e. The molecule has 0 saturated heterocycles. The van der Waals surface area contributed by atoms with Crippen LogP contribution in [0.2, 0.25) is 18.1 Å². The van der Waals surface area contributed by atoms with Crippen LogP contribution in [0.4, 0.5) is 0 Å². The third kappa shape index (κ3) is 0.835. The maximum atomic E-state index is 2.65. The molecule has 88 valence electrons. The molecule has 4 rings (SSSR count).